The second-order valence-electron chi connectivity index (χ2n) is 7.13. The quantitative estimate of drug-likeness (QED) is 0.813. The van der Waals surface area contributed by atoms with Gasteiger partial charge in [-0.15, -0.1) is 0 Å². The van der Waals surface area contributed by atoms with Crippen LogP contribution in [0.15, 0.2) is 0 Å². The van der Waals surface area contributed by atoms with E-state index in [2.05, 4.69) is 5.32 Å². The molecule has 0 radical (unpaired) electrons. The first-order valence-electron chi connectivity index (χ1n) is 7.97. The minimum absolute atomic E-state index is 0.245. The second kappa shape index (κ2) is 6.90. The molecule has 0 aromatic carbocycles. The summed E-state index contributed by atoms with van der Waals surface area (Å²) in [4.78, 5) is 14.2. The van der Waals surface area contributed by atoms with Crippen LogP contribution in [0.1, 0.15) is 60.3 Å². The van der Waals surface area contributed by atoms with Crippen molar-refractivity contribution in [2.24, 2.45) is 5.41 Å². The van der Waals surface area contributed by atoms with Crippen LogP contribution in [0.25, 0.3) is 0 Å². The Morgan fingerprint density at radius 1 is 1.20 bits per heavy atom. The maximum Gasteiger partial charge on any atom is 0.227 e. The summed E-state index contributed by atoms with van der Waals surface area (Å²) in [7, 11) is 0. The molecule has 0 atom stereocenters. The third-order valence-electron chi connectivity index (χ3n) is 4.46. The van der Waals surface area contributed by atoms with Crippen molar-refractivity contribution in [3.8, 4) is 0 Å². The SMILES string of the molecule is CCC(O)(CC)CNC1CCN(C(=O)C(C)(C)C)CC1. The minimum atomic E-state index is -0.585. The molecule has 20 heavy (non-hydrogen) atoms. The smallest absolute Gasteiger partial charge is 0.227 e. The van der Waals surface area contributed by atoms with Crippen LogP contribution in [0.3, 0.4) is 0 Å². The molecule has 1 heterocycles. The lowest BCUT2D eigenvalue weighted by Crippen LogP contribution is -2.51. The number of rotatable bonds is 5. The second-order valence-corrected chi connectivity index (χ2v) is 7.13. The van der Waals surface area contributed by atoms with Gasteiger partial charge in [0.25, 0.3) is 0 Å². The average Bonchev–Trinajstić information content (AvgIpc) is 2.43. The van der Waals surface area contributed by atoms with E-state index in [1.165, 1.54) is 0 Å². The van der Waals surface area contributed by atoms with Crippen LogP contribution in [-0.2, 0) is 4.79 Å². The Morgan fingerprint density at radius 2 is 1.70 bits per heavy atom. The zero-order chi connectivity index (χ0) is 15.4. The standard InChI is InChI=1S/C16H32N2O2/c1-6-16(20,7-2)12-17-13-8-10-18(11-9-13)14(19)15(3,4)5/h13,17,20H,6-12H2,1-5H3. The van der Waals surface area contributed by atoms with Crippen molar-refractivity contribution >= 4 is 5.91 Å². The lowest BCUT2D eigenvalue weighted by atomic mass is 9.92. The van der Waals surface area contributed by atoms with E-state index in [0.29, 0.717) is 12.6 Å². The number of nitrogens with zero attached hydrogens (tertiary/aromatic N) is 1. The number of carbonyl (C=O) groups excluding carboxylic acids is 1. The summed E-state index contributed by atoms with van der Waals surface area (Å²) < 4.78 is 0. The van der Waals surface area contributed by atoms with Crippen molar-refractivity contribution in [1.29, 1.82) is 0 Å². The third kappa shape index (κ3) is 4.74. The maximum atomic E-state index is 12.2. The van der Waals surface area contributed by atoms with Gasteiger partial charge in [0, 0.05) is 31.1 Å². The fraction of sp³-hybridized carbons (Fsp3) is 0.938. The highest BCUT2D eigenvalue weighted by Crippen LogP contribution is 2.21. The number of piperidine rings is 1. The number of hydrogen-bond acceptors (Lipinski definition) is 3. The van der Waals surface area contributed by atoms with Crippen LogP contribution in [0, 0.1) is 5.41 Å². The van der Waals surface area contributed by atoms with Crippen LogP contribution in [0.2, 0.25) is 0 Å². The highest BCUT2D eigenvalue weighted by Gasteiger charge is 2.31. The third-order valence-corrected chi connectivity index (χ3v) is 4.46. The maximum absolute atomic E-state index is 12.2. The molecule has 0 unspecified atom stereocenters. The molecule has 1 rings (SSSR count). The summed E-state index contributed by atoms with van der Waals surface area (Å²) in [6.07, 6.45) is 3.51. The largest absolute Gasteiger partial charge is 0.389 e. The van der Waals surface area contributed by atoms with Crippen LogP contribution >= 0.6 is 0 Å². The highest BCUT2D eigenvalue weighted by atomic mass is 16.3. The monoisotopic (exact) mass is 284 g/mol. The van der Waals surface area contributed by atoms with Crippen molar-refractivity contribution in [2.75, 3.05) is 19.6 Å². The molecule has 0 spiro atoms. The molecule has 4 nitrogen and oxygen atoms in total. The molecular formula is C16H32N2O2. The molecule has 118 valence electrons. The van der Waals surface area contributed by atoms with Gasteiger partial charge in [-0.1, -0.05) is 34.6 Å². The van der Waals surface area contributed by atoms with E-state index in [9.17, 15) is 9.90 Å². The molecule has 1 aliphatic rings. The van der Waals surface area contributed by atoms with Crippen LogP contribution in [0.5, 0.6) is 0 Å². The van der Waals surface area contributed by atoms with Gasteiger partial charge >= 0.3 is 0 Å². The van der Waals surface area contributed by atoms with Crippen LogP contribution < -0.4 is 5.32 Å². The molecule has 2 N–H and O–H groups in total. The van der Waals surface area contributed by atoms with Gasteiger partial charge in [-0.25, -0.2) is 0 Å². The molecule has 0 aliphatic carbocycles. The minimum Gasteiger partial charge on any atom is -0.389 e. The summed E-state index contributed by atoms with van der Waals surface area (Å²) in [6, 6.07) is 0.420. The van der Waals surface area contributed by atoms with E-state index in [1.54, 1.807) is 0 Å². The van der Waals surface area contributed by atoms with E-state index in [4.69, 9.17) is 0 Å². The molecule has 0 bridgehead atoms. The fourth-order valence-electron chi connectivity index (χ4n) is 2.60. The molecule has 0 aromatic rings. The Bertz CT molecular complexity index is 311. The van der Waals surface area contributed by atoms with Crippen molar-refractivity contribution in [2.45, 2.75) is 71.9 Å². The Hall–Kier alpha value is -0.610. The molecule has 0 aromatic heterocycles. The predicted octanol–water partition coefficient (Wildman–Crippen LogP) is 2.16. The average molecular weight is 284 g/mol. The van der Waals surface area contributed by atoms with Crippen molar-refractivity contribution in [3.63, 3.8) is 0 Å². The number of nitrogens with one attached hydrogen (secondary N) is 1. The lowest BCUT2D eigenvalue weighted by Gasteiger charge is -2.37. The summed E-state index contributed by atoms with van der Waals surface area (Å²) in [6.45, 7) is 12.3. The van der Waals surface area contributed by atoms with Gasteiger partial charge < -0.3 is 15.3 Å². The Balaban J connectivity index is 2.38. The fourth-order valence-corrected chi connectivity index (χ4v) is 2.60. The number of hydrogen-bond donors (Lipinski definition) is 2. The van der Waals surface area contributed by atoms with Crippen LogP contribution in [-0.4, -0.2) is 47.2 Å². The predicted molar refractivity (Wildman–Crippen MR) is 82.6 cm³/mol. The van der Waals surface area contributed by atoms with Gasteiger partial charge in [-0.2, -0.15) is 0 Å². The lowest BCUT2D eigenvalue weighted by molar-refractivity contribution is -0.140. The first-order valence-corrected chi connectivity index (χ1v) is 7.97. The summed E-state index contributed by atoms with van der Waals surface area (Å²) >= 11 is 0. The van der Waals surface area contributed by atoms with E-state index in [0.717, 1.165) is 38.8 Å². The summed E-state index contributed by atoms with van der Waals surface area (Å²) in [5, 5.41) is 13.8. The van der Waals surface area contributed by atoms with Gasteiger partial charge in [0.05, 0.1) is 5.60 Å². The highest BCUT2D eigenvalue weighted by molar-refractivity contribution is 5.81. The van der Waals surface area contributed by atoms with Gasteiger partial charge in [0.1, 0.15) is 0 Å². The zero-order valence-corrected chi connectivity index (χ0v) is 13.8. The molecule has 1 fully saturated rings. The first-order chi connectivity index (χ1) is 9.22. The Morgan fingerprint density at radius 3 is 2.10 bits per heavy atom. The van der Waals surface area contributed by atoms with Crippen molar-refractivity contribution in [3.05, 3.63) is 0 Å². The number of aliphatic hydroxyl groups is 1. The Kier molecular flexibility index (Phi) is 6.02. The van der Waals surface area contributed by atoms with Gasteiger partial charge in [-0.05, 0) is 25.7 Å². The van der Waals surface area contributed by atoms with Gasteiger partial charge in [-0.3, -0.25) is 4.79 Å². The first kappa shape index (κ1) is 17.4. The van der Waals surface area contributed by atoms with Gasteiger partial charge in [0.2, 0.25) is 5.91 Å². The van der Waals surface area contributed by atoms with E-state index in [-0.39, 0.29) is 11.3 Å². The molecule has 1 aliphatic heterocycles. The van der Waals surface area contributed by atoms with Crippen LogP contribution in [0.4, 0.5) is 0 Å². The molecule has 1 amide bonds. The number of likely N-dealkylation sites (tertiary alicyclic amines) is 1. The molecule has 4 heteroatoms. The Labute approximate surface area is 123 Å². The number of carbonyl (C=O) groups is 1. The zero-order valence-electron chi connectivity index (χ0n) is 13.8. The van der Waals surface area contributed by atoms with Crippen molar-refractivity contribution in [1.82, 2.24) is 10.2 Å². The summed E-state index contributed by atoms with van der Waals surface area (Å²) in [5.74, 6) is 0.245. The van der Waals surface area contributed by atoms with E-state index >= 15 is 0 Å². The molecule has 0 saturated carbocycles. The van der Waals surface area contributed by atoms with E-state index < -0.39 is 5.60 Å². The van der Waals surface area contributed by atoms with E-state index in [1.807, 2.05) is 39.5 Å². The number of amides is 1. The van der Waals surface area contributed by atoms with Gasteiger partial charge in [0.15, 0.2) is 0 Å². The molecular weight excluding hydrogens is 252 g/mol. The normalized spacial score (nSPS) is 18.4. The molecule has 1 saturated heterocycles. The van der Waals surface area contributed by atoms with Crippen molar-refractivity contribution < 1.29 is 9.90 Å². The topological polar surface area (TPSA) is 52.6 Å². The summed E-state index contributed by atoms with van der Waals surface area (Å²) in [5.41, 5.74) is -0.872.